The Morgan fingerprint density at radius 1 is 1.21 bits per heavy atom. The van der Waals surface area contributed by atoms with Gasteiger partial charge in [-0.3, -0.25) is 4.79 Å². The lowest BCUT2D eigenvalue weighted by atomic mass is 10.2. The summed E-state index contributed by atoms with van der Waals surface area (Å²) < 4.78 is 28.6. The standard InChI is InChI=1S/C17H14F2N4O/c1-11-21-15-7-2-3-8-16(15)23(11)10-17(24)22-20-9-12-13(18)5-4-6-14(12)19/h2-9H,10H2,1H3,(H,22,24)/b20-9-. The van der Waals surface area contributed by atoms with Gasteiger partial charge in [-0.05, 0) is 31.2 Å². The number of benzene rings is 2. The van der Waals surface area contributed by atoms with Gasteiger partial charge in [0.15, 0.2) is 0 Å². The van der Waals surface area contributed by atoms with Gasteiger partial charge in [0.05, 0.1) is 22.8 Å². The number of hydrazone groups is 1. The Balaban J connectivity index is 1.72. The lowest BCUT2D eigenvalue weighted by Gasteiger charge is -2.05. The van der Waals surface area contributed by atoms with Gasteiger partial charge in [0.1, 0.15) is 24.0 Å². The molecule has 0 radical (unpaired) electrons. The predicted molar refractivity (Wildman–Crippen MR) is 86.6 cm³/mol. The average Bonchev–Trinajstić information content (AvgIpc) is 2.86. The number of aromatic nitrogens is 2. The van der Waals surface area contributed by atoms with Crippen LogP contribution in [0.25, 0.3) is 11.0 Å². The molecule has 0 aliphatic heterocycles. The number of amides is 1. The highest BCUT2D eigenvalue weighted by molar-refractivity contribution is 5.84. The maximum Gasteiger partial charge on any atom is 0.260 e. The Morgan fingerprint density at radius 3 is 2.67 bits per heavy atom. The number of para-hydroxylation sites is 2. The molecule has 0 aliphatic rings. The van der Waals surface area contributed by atoms with Crippen LogP contribution in [0.5, 0.6) is 0 Å². The van der Waals surface area contributed by atoms with Gasteiger partial charge in [-0.2, -0.15) is 5.10 Å². The SMILES string of the molecule is Cc1nc2ccccc2n1CC(=O)N/N=C\c1c(F)cccc1F. The van der Waals surface area contributed by atoms with E-state index in [4.69, 9.17) is 0 Å². The Labute approximate surface area is 136 Å². The number of nitrogens with one attached hydrogen (secondary N) is 1. The first-order chi connectivity index (χ1) is 11.6. The van der Waals surface area contributed by atoms with Crippen LogP contribution in [-0.2, 0) is 11.3 Å². The summed E-state index contributed by atoms with van der Waals surface area (Å²) in [5, 5.41) is 3.62. The summed E-state index contributed by atoms with van der Waals surface area (Å²) in [5.74, 6) is -1.22. The normalized spacial score (nSPS) is 11.3. The van der Waals surface area contributed by atoms with Crippen LogP contribution >= 0.6 is 0 Å². The van der Waals surface area contributed by atoms with Crippen molar-refractivity contribution in [1.29, 1.82) is 0 Å². The van der Waals surface area contributed by atoms with Crippen molar-refractivity contribution >= 4 is 23.2 Å². The first-order valence-corrected chi connectivity index (χ1v) is 7.24. The number of halogens is 2. The molecule has 0 aliphatic carbocycles. The molecular weight excluding hydrogens is 314 g/mol. The Bertz CT molecular complexity index is 913. The van der Waals surface area contributed by atoms with Crippen LogP contribution < -0.4 is 5.43 Å². The molecule has 2 aromatic carbocycles. The van der Waals surface area contributed by atoms with Gasteiger partial charge in [0.2, 0.25) is 0 Å². The van der Waals surface area contributed by atoms with E-state index in [9.17, 15) is 13.6 Å². The zero-order valence-electron chi connectivity index (χ0n) is 12.8. The highest BCUT2D eigenvalue weighted by Gasteiger charge is 2.10. The van der Waals surface area contributed by atoms with Crippen LogP contribution in [0.2, 0.25) is 0 Å². The highest BCUT2D eigenvalue weighted by Crippen LogP contribution is 2.15. The average molecular weight is 328 g/mol. The van der Waals surface area contributed by atoms with Gasteiger partial charge in [-0.15, -0.1) is 0 Å². The van der Waals surface area contributed by atoms with Crippen molar-refractivity contribution < 1.29 is 13.6 Å². The van der Waals surface area contributed by atoms with E-state index in [2.05, 4.69) is 15.5 Å². The highest BCUT2D eigenvalue weighted by atomic mass is 19.1. The molecule has 0 unspecified atom stereocenters. The number of carbonyl (C=O) groups is 1. The zero-order valence-corrected chi connectivity index (χ0v) is 12.8. The number of aryl methyl sites for hydroxylation is 1. The number of carbonyl (C=O) groups excluding carboxylic acids is 1. The van der Waals surface area contributed by atoms with Crippen molar-refractivity contribution in [3.05, 3.63) is 65.5 Å². The molecule has 0 fully saturated rings. The van der Waals surface area contributed by atoms with Crippen molar-refractivity contribution in [3.8, 4) is 0 Å². The molecule has 0 bridgehead atoms. The Morgan fingerprint density at radius 2 is 1.92 bits per heavy atom. The molecule has 3 rings (SSSR count). The van der Waals surface area contributed by atoms with E-state index in [1.165, 1.54) is 6.07 Å². The number of nitrogens with zero attached hydrogens (tertiary/aromatic N) is 3. The van der Waals surface area contributed by atoms with E-state index in [1.54, 1.807) is 11.5 Å². The molecule has 0 atom stereocenters. The van der Waals surface area contributed by atoms with E-state index in [1.807, 2.05) is 24.3 Å². The molecule has 3 aromatic rings. The van der Waals surface area contributed by atoms with Crippen molar-refractivity contribution in [2.45, 2.75) is 13.5 Å². The third-order valence-electron chi connectivity index (χ3n) is 3.53. The van der Waals surface area contributed by atoms with Gasteiger partial charge in [0, 0.05) is 0 Å². The number of hydrogen-bond donors (Lipinski definition) is 1. The van der Waals surface area contributed by atoms with Gasteiger partial charge >= 0.3 is 0 Å². The zero-order chi connectivity index (χ0) is 17.1. The quantitative estimate of drug-likeness (QED) is 0.591. The van der Waals surface area contributed by atoms with Crippen LogP contribution in [0.15, 0.2) is 47.6 Å². The second-order valence-electron chi connectivity index (χ2n) is 5.16. The summed E-state index contributed by atoms with van der Waals surface area (Å²) in [6, 6.07) is 10.9. The lowest BCUT2D eigenvalue weighted by Crippen LogP contribution is -2.23. The van der Waals surface area contributed by atoms with Crippen molar-refractivity contribution in [2.24, 2.45) is 5.10 Å². The van der Waals surface area contributed by atoms with Gasteiger partial charge < -0.3 is 4.57 Å². The van der Waals surface area contributed by atoms with Crippen LogP contribution in [0, 0.1) is 18.6 Å². The van der Waals surface area contributed by atoms with Gasteiger partial charge in [-0.25, -0.2) is 19.2 Å². The van der Waals surface area contributed by atoms with E-state index < -0.39 is 17.5 Å². The van der Waals surface area contributed by atoms with E-state index >= 15 is 0 Å². The lowest BCUT2D eigenvalue weighted by molar-refractivity contribution is -0.121. The summed E-state index contributed by atoms with van der Waals surface area (Å²) in [6.45, 7) is 1.80. The fraction of sp³-hybridized carbons (Fsp3) is 0.118. The Hall–Kier alpha value is -3.09. The molecule has 5 nitrogen and oxygen atoms in total. The third kappa shape index (κ3) is 3.15. The largest absolute Gasteiger partial charge is 0.319 e. The number of fused-ring (bicyclic) bond motifs is 1. The molecule has 0 saturated carbocycles. The molecule has 7 heteroatoms. The number of imidazole rings is 1. The van der Waals surface area contributed by atoms with Crippen LogP contribution in [-0.4, -0.2) is 21.7 Å². The van der Waals surface area contributed by atoms with Crippen LogP contribution in [0.4, 0.5) is 8.78 Å². The predicted octanol–water partition coefficient (Wildman–Crippen LogP) is 2.77. The first-order valence-electron chi connectivity index (χ1n) is 7.24. The molecule has 0 saturated heterocycles. The third-order valence-corrected chi connectivity index (χ3v) is 3.53. The van der Waals surface area contributed by atoms with E-state index in [0.717, 1.165) is 29.4 Å². The second kappa shape index (κ2) is 6.57. The monoisotopic (exact) mass is 328 g/mol. The van der Waals surface area contributed by atoms with Gasteiger partial charge in [0.25, 0.3) is 5.91 Å². The minimum Gasteiger partial charge on any atom is -0.319 e. The maximum absolute atomic E-state index is 13.5. The van der Waals surface area contributed by atoms with E-state index in [-0.39, 0.29) is 12.1 Å². The molecule has 0 spiro atoms. The summed E-state index contributed by atoms with van der Waals surface area (Å²) in [7, 11) is 0. The molecule has 122 valence electrons. The minimum absolute atomic E-state index is 0.00341. The topological polar surface area (TPSA) is 59.3 Å². The summed E-state index contributed by atoms with van der Waals surface area (Å²) in [6.07, 6.45) is 0.946. The fourth-order valence-electron chi connectivity index (χ4n) is 2.38. The Kier molecular flexibility index (Phi) is 4.33. The van der Waals surface area contributed by atoms with Crippen LogP contribution in [0.1, 0.15) is 11.4 Å². The van der Waals surface area contributed by atoms with Crippen molar-refractivity contribution in [2.75, 3.05) is 0 Å². The molecule has 1 N–H and O–H groups in total. The number of rotatable bonds is 4. The maximum atomic E-state index is 13.5. The van der Waals surface area contributed by atoms with Crippen molar-refractivity contribution in [3.63, 3.8) is 0 Å². The second-order valence-corrected chi connectivity index (χ2v) is 5.16. The fourth-order valence-corrected chi connectivity index (χ4v) is 2.38. The smallest absolute Gasteiger partial charge is 0.260 e. The summed E-state index contributed by atoms with van der Waals surface area (Å²) in [5.41, 5.74) is 3.58. The number of hydrogen-bond acceptors (Lipinski definition) is 3. The van der Waals surface area contributed by atoms with Gasteiger partial charge in [-0.1, -0.05) is 18.2 Å². The molecule has 1 amide bonds. The van der Waals surface area contributed by atoms with Crippen molar-refractivity contribution in [1.82, 2.24) is 15.0 Å². The molecule has 24 heavy (non-hydrogen) atoms. The minimum atomic E-state index is -0.746. The molecule has 1 heterocycles. The van der Waals surface area contributed by atoms with E-state index in [0.29, 0.717) is 5.82 Å². The molecule has 1 aromatic heterocycles. The first kappa shape index (κ1) is 15.8. The van der Waals surface area contributed by atoms with Crippen LogP contribution in [0.3, 0.4) is 0 Å². The summed E-state index contributed by atoms with van der Waals surface area (Å²) in [4.78, 5) is 16.4. The molecular formula is C17H14F2N4O. The summed E-state index contributed by atoms with van der Waals surface area (Å²) >= 11 is 0.